The quantitative estimate of drug-likeness (QED) is 0.312. The van der Waals surface area contributed by atoms with Gasteiger partial charge in [0.05, 0.1) is 23.6 Å². The highest BCUT2D eigenvalue weighted by Gasteiger charge is 2.34. The molecule has 2 N–H and O–H groups in total. The summed E-state index contributed by atoms with van der Waals surface area (Å²) >= 11 is -0.607. The lowest BCUT2D eigenvalue weighted by atomic mass is 9.98. The maximum atomic E-state index is 14.2. The number of carbonyl (C=O) groups excluding carboxylic acids is 1. The van der Waals surface area contributed by atoms with Gasteiger partial charge in [0.25, 0.3) is 0 Å². The van der Waals surface area contributed by atoms with Crippen molar-refractivity contribution in [3.63, 3.8) is 0 Å². The minimum Gasteiger partial charge on any atom is -0.356 e. The Kier molecular flexibility index (Phi) is 8.63. The van der Waals surface area contributed by atoms with Gasteiger partial charge in [0, 0.05) is 25.2 Å². The zero-order valence-electron chi connectivity index (χ0n) is 19.4. The van der Waals surface area contributed by atoms with E-state index in [1.807, 2.05) is 4.72 Å². The third-order valence-corrected chi connectivity index (χ3v) is 6.50. The Morgan fingerprint density at radius 1 is 1.14 bits per heavy atom. The Morgan fingerprint density at radius 3 is 2.39 bits per heavy atom. The molecule has 1 unspecified atom stereocenters. The number of piperidine rings is 1. The van der Waals surface area contributed by atoms with Gasteiger partial charge in [0.15, 0.2) is 0 Å². The summed E-state index contributed by atoms with van der Waals surface area (Å²) in [4.78, 5) is 18.3. The van der Waals surface area contributed by atoms with E-state index in [2.05, 4.69) is 17.2 Å². The van der Waals surface area contributed by atoms with Crippen LogP contribution in [0.2, 0.25) is 0 Å². The van der Waals surface area contributed by atoms with Crippen LogP contribution in [0.5, 0.6) is 0 Å². The number of pyridine rings is 1. The number of hydrogen-bond donors (Lipinski definition) is 2. The van der Waals surface area contributed by atoms with Crippen LogP contribution < -0.4 is 14.9 Å². The Labute approximate surface area is 208 Å². The average Bonchev–Trinajstić information content (AvgIpc) is 2.80. The molecule has 1 aliphatic heterocycles. The highest BCUT2D eigenvalue weighted by molar-refractivity contribution is 8.01. The molecule has 1 aromatic heterocycles. The molecule has 1 amide bonds. The second-order valence-electron chi connectivity index (χ2n) is 8.68. The van der Waals surface area contributed by atoms with Crippen LogP contribution in [0.3, 0.4) is 0 Å². The summed E-state index contributed by atoms with van der Waals surface area (Å²) in [6, 6.07) is 5.53. The molecule has 0 saturated carbocycles. The van der Waals surface area contributed by atoms with Gasteiger partial charge in [-0.3, -0.25) is 4.79 Å². The smallest absolute Gasteiger partial charge is 0.356 e. The summed E-state index contributed by atoms with van der Waals surface area (Å²) in [5.41, 5.74) is -5.37. The Morgan fingerprint density at radius 2 is 1.81 bits per heavy atom. The van der Waals surface area contributed by atoms with Crippen LogP contribution in [-0.2, 0) is 17.5 Å². The van der Waals surface area contributed by atoms with E-state index in [-0.39, 0.29) is 23.6 Å². The lowest BCUT2D eigenvalue weighted by molar-refractivity contribution is -0.141. The molecule has 1 saturated heterocycles. The van der Waals surface area contributed by atoms with Gasteiger partial charge in [-0.05, 0) is 49.4 Å². The van der Waals surface area contributed by atoms with Crippen LogP contribution in [0, 0.1) is 11.7 Å². The first-order valence-corrected chi connectivity index (χ1v) is 12.0. The number of halogens is 7. The number of carbonyl (C=O) groups is 1. The predicted octanol–water partition coefficient (Wildman–Crippen LogP) is 6.48. The number of amides is 1. The van der Waals surface area contributed by atoms with E-state index in [9.17, 15) is 35.5 Å². The van der Waals surface area contributed by atoms with Gasteiger partial charge >= 0.3 is 11.7 Å². The van der Waals surface area contributed by atoms with E-state index >= 15 is 0 Å². The van der Waals surface area contributed by atoms with Gasteiger partial charge in [-0.2, -0.15) is 26.3 Å². The largest absolute Gasteiger partial charge is 0.461 e. The van der Waals surface area contributed by atoms with Gasteiger partial charge < -0.3 is 14.9 Å². The molecule has 0 radical (unpaired) electrons. The van der Waals surface area contributed by atoms with Crippen molar-refractivity contribution in [2.45, 2.75) is 50.8 Å². The summed E-state index contributed by atoms with van der Waals surface area (Å²) in [6.07, 6.45) is -3.00. The van der Waals surface area contributed by atoms with Crippen molar-refractivity contribution < 1.29 is 35.5 Å². The van der Waals surface area contributed by atoms with Gasteiger partial charge in [0.1, 0.15) is 17.3 Å². The Balaban J connectivity index is 1.71. The normalized spacial score (nSPS) is 16.1. The van der Waals surface area contributed by atoms with E-state index < -0.39 is 47.0 Å². The first kappa shape index (κ1) is 27.9. The average molecular weight is 539 g/mol. The van der Waals surface area contributed by atoms with Crippen LogP contribution in [0.4, 0.5) is 42.2 Å². The van der Waals surface area contributed by atoms with E-state index in [0.29, 0.717) is 24.6 Å². The summed E-state index contributed by atoms with van der Waals surface area (Å²) in [5, 5.41) is 2.65. The van der Waals surface area contributed by atoms with Crippen LogP contribution in [-0.4, -0.2) is 29.5 Å². The second kappa shape index (κ2) is 11.1. The number of alkyl halides is 6. The lowest BCUT2D eigenvalue weighted by Crippen LogP contribution is -2.35. The lowest BCUT2D eigenvalue weighted by Gasteiger charge is -2.33. The Bertz CT molecular complexity index is 1070. The van der Waals surface area contributed by atoms with E-state index in [1.54, 1.807) is 4.90 Å². The second-order valence-corrected chi connectivity index (χ2v) is 9.55. The number of rotatable bonds is 7. The molecule has 5 nitrogen and oxygen atoms in total. The number of nitrogens with zero attached hydrogens (tertiary/aromatic N) is 2. The van der Waals surface area contributed by atoms with Gasteiger partial charge in [-0.15, -0.1) is 0 Å². The van der Waals surface area contributed by atoms with Gasteiger partial charge in [-0.25, -0.2) is 9.37 Å². The standard InChI is InChI=1S/C23H25F7N4OS/c1-13-7-9-34(10-8-13)20-16(4-6-19(32-20)22(25,26)27)12-31-21(35)14(2)15-3-5-18(17(24)11-15)33-36-23(28,29)30/h3-6,11,13-14,33H,7-10,12H2,1-2H3,(H,31,35). The first-order chi connectivity index (χ1) is 16.7. The third-order valence-electron chi connectivity index (χ3n) is 5.95. The van der Waals surface area contributed by atoms with Crippen LogP contribution in [0.1, 0.15) is 49.4 Å². The molecular formula is C23H25F7N4OS. The van der Waals surface area contributed by atoms with Crippen LogP contribution in [0.15, 0.2) is 30.3 Å². The van der Waals surface area contributed by atoms with Crippen molar-refractivity contribution in [2.24, 2.45) is 5.92 Å². The van der Waals surface area contributed by atoms with Gasteiger partial charge in [-0.1, -0.05) is 19.1 Å². The van der Waals surface area contributed by atoms with Crippen molar-refractivity contribution in [3.05, 3.63) is 53.0 Å². The number of hydrogen-bond acceptors (Lipinski definition) is 5. The molecule has 0 bridgehead atoms. The number of aromatic nitrogens is 1. The van der Waals surface area contributed by atoms with Crippen molar-refractivity contribution in [2.75, 3.05) is 22.7 Å². The fraction of sp³-hybridized carbons (Fsp3) is 0.478. The molecule has 1 aromatic carbocycles. The molecule has 198 valence electrons. The number of benzene rings is 1. The summed E-state index contributed by atoms with van der Waals surface area (Å²) < 4.78 is 92.9. The van der Waals surface area contributed by atoms with Crippen molar-refractivity contribution in [1.82, 2.24) is 10.3 Å². The van der Waals surface area contributed by atoms with E-state index in [1.165, 1.54) is 19.1 Å². The highest BCUT2D eigenvalue weighted by Crippen LogP contribution is 2.34. The number of nitrogens with one attached hydrogen (secondary N) is 2. The monoisotopic (exact) mass is 538 g/mol. The summed E-state index contributed by atoms with van der Waals surface area (Å²) in [6.45, 7) is 4.54. The maximum Gasteiger partial charge on any atom is 0.461 e. The third kappa shape index (κ3) is 7.40. The molecule has 13 heteroatoms. The minimum absolute atomic E-state index is 0.0972. The molecule has 2 aromatic rings. The van der Waals surface area contributed by atoms with Crippen molar-refractivity contribution in [1.29, 1.82) is 0 Å². The number of anilines is 2. The van der Waals surface area contributed by atoms with E-state index in [4.69, 9.17) is 0 Å². The van der Waals surface area contributed by atoms with E-state index in [0.717, 1.165) is 31.0 Å². The molecule has 1 fully saturated rings. The maximum absolute atomic E-state index is 14.2. The Hall–Kier alpha value is -2.70. The molecule has 0 spiro atoms. The first-order valence-electron chi connectivity index (χ1n) is 11.1. The highest BCUT2D eigenvalue weighted by atomic mass is 32.2. The fourth-order valence-corrected chi connectivity index (χ4v) is 4.14. The molecule has 1 atom stereocenters. The molecule has 2 heterocycles. The zero-order valence-corrected chi connectivity index (χ0v) is 20.3. The zero-order chi connectivity index (χ0) is 26.7. The van der Waals surface area contributed by atoms with Crippen molar-refractivity contribution >= 4 is 29.4 Å². The summed E-state index contributed by atoms with van der Waals surface area (Å²) in [7, 11) is 0. The SMILES string of the molecule is CC1CCN(c2nc(C(F)(F)F)ccc2CNC(=O)C(C)c2ccc(NSC(F)(F)F)c(F)c2)CC1. The summed E-state index contributed by atoms with van der Waals surface area (Å²) in [5.74, 6) is -1.75. The van der Waals surface area contributed by atoms with Crippen LogP contribution in [0.25, 0.3) is 0 Å². The molecule has 3 rings (SSSR count). The topological polar surface area (TPSA) is 57.3 Å². The predicted molar refractivity (Wildman–Crippen MR) is 124 cm³/mol. The molecule has 36 heavy (non-hydrogen) atoms. The fourth-order valence-electron chi connectivity index (χ4n) is 3.75. The van der Waals surface area contributed by atoms with Crippen LogP contribution >= 0.6 is 11.9 Å². The van der Waals surface area contributed by atoms with Gasteiger partial charge in [0.2, 0.25) is 5.91 Å². The van der Waals surface area contributed by atoms with Crippen molar-refractivity contribution in [3.8, 4) is 0 Å². The molecule has 0 aliphatic carbocycles. The minimum atomic E-state index is -4.61. The molecular weight excluding hydrogens is 513 g/mol. The molecule has 1 aliphatic rings.